The van der Waals surface area contributed by atoms with Gasteiger partial charge in [0, 0.05) is 29.9 Å². The molecule has 0 unspecified atom stereocenters. The summed E-state index contributed by atoms with van der Waals surface area (Å²) in [5.74, 6) is 1.26. The number of nitrogens with one attached hydrogen (secondary N) is 1. The van der Waals surface area contributed by atoms with Gasteiger partial charge in [0.05, 0.1) is 5.56 Å². The number of anilines is 1. The largest absolute Gasteiger partial charge is 0.440 e. The third-order valence-corrected chi connectivity index (χ3v) is 2.92. The van der Waals surface area contributed by atoms with Gasteiger partial charge in [-0.1, -0.05) is 0 Å². The van der Waals surface area contributed by atoms with Crippen LogP contribution < -0.4 is 15.9 Å². The number of aromatic amines is 1. The number of rotatable bonds is 1. The van der Waals surface area contributed by atoms with Gasteiger partial charge in [0.1, 0.15) is 5.76 Å². The number of nitrogens with two attached hydrogens (primary N) is 1. The van der Waals surface area contributed by atoms with E-state index in [1.54, 1.807) is 6.20 Å². The molecule has 0 spiro atoms. The minimum Gasteiger partial charge on any atom is -0.440 e. The van der Waals surface area contributed by atoms with Crippen molar-refractivity contribution in [1.29, 1.82) is 0 Å². The van der Waals surface area contributed by atoms with Gasteiger partial charge in [0.2, 0.25) is 5.88 Å². The lowest BCUT2D eigenvalue weighted by Crippen LogP contribution is -2.14. The van der Waals surface area contributed by atoms with Gasteiger partial charge in [0.25, 0.3) is 0 Å². The Kier molecular flexibility index (Phi) is 2.41. The lowest BCUT2D eigenvalue weighted by molar-refractivity contribution is 0.476. The van der Waals surface area contributed by atoms with Gasteiger partial charge in [-0.3, -0.25) is 4.79 Å². The minimum atomic E-state index is -0.00337. The summed E-state index contributed by atoms with van der Waals surface area (Å²) >= 11 is 0. The van der Waals surface area contributed by atoms with Gasteiger partial charge in [-0.15, -0.1) is 0 Å². The van der Waals surface area contributed by atoms with E-state index in [0.29, 0.717) is 23.6 Å². The van der Waals surface area contributed by atoms with E-state index in [4.69, 9.17) is 10.5 Å². The van der Waals surface area contributed by atoms with Crippen molar-refractivity contribution in [3.8, 4) is 5.88 Å². The van der Waals surface area contributed by atoms with Crippen molar-refractivity contribution in [3.05, 3.63) is 64.0 Å². The van der Waals surface area contributed by atoms with Gasteiger partial charge in [-0.2, -0.15) is 0 Å². The fraction of sp³-hybridized carbons (Fsp3) is 0.0714. The molecule has 0 saturated heterocycles. The van der Waals surface area contributed by atoms with Crippen LogP contribution in [-0.2, 0) is 6.42 Å². The van der Waals surface area contributed by atoms with Crippen LogP contribution in [0.25, 0.3) is 5.76 Å². The normalized spacial score (nSPS) is 13.4. The molecule has 0 amide bonds. The van der Waals surface area contributed by atoms with Crippen LogP contribution >= 0.6 is 0 Å². The first-order valence-electron chi connectivity index (χ1n) is 5.68. The van der Waals surface area contributed by atoms with Crippen LogP contribution in [0, 0.1) is 0 Å². The monoisotopic (exact) mass is 240 g/mol. The number of aromatic nitrogens is 1. The zero-order valence-corrected chi connectivity index (χ0v) is 9.64. The second kappa shape index (κ2) is 4.07. The van der Waals surface area contributed by atoms with Crippen LogP contribution in [0.1, 0.15) is 11.1 Å². The Morgan fingerprint density at radius 3 is 2.72 bits per heavy atom. The molecule has 0 bridgehead atoms. The van der Waals surface area contributed by atoms with Gasteiger partial charge < -0.3 is 15.5 Å². The fourth-order valence-electron chi connectivity index (χ4n) is 1.95. The number of H-pyrrole nitrogens is 1. The van der Waals surface area contributed by atoms with Crippen molar-refractivity contribution in [1.82, 2.24) is 4.98 Å². The number of benzene rings is 1. The van der Waals surface area contributed by atoms with Crippen molar-refractivity contribution >= 4 is 11.4 Å². The van der Waals surface area contributed by atoms with E-state index >= 15 is 0 Å². The molecule has 1 aromatic heterocycles. The Bertz CT molecular complexity index is 669. The maximum atomic E-state index is 11.6. The predicted octanol–water partition coefficient (Wildman–Crippen LogP) is 1.93. The lowest BCUT2D eigenvalue weighted by atomic mass is 10.1. The Labute approximate surface area is 104 Å². The summed E-state index contributed by atoms with van der Waals surface area (Å²) in [4.78, 5) is 14.6. The first-order chi connectivity index (χ1) is 8.74. The predicted molar refractivity (Wildman–Crippen MR) is 70.2 cm³/mol. The molecule has 4 heteroatoms. The van der Waals surface area contributed by atoms with Crippen LogP contribution in [0.5, 0.6) is 5.88 Å². The van der Waals surface area contributed by atoms with Gasteiger partial charge in [-0.25, -0.2) is 0 Å². The molecule has 2 aromatic rings. The molecular formula is C14H12N2O2. The maximum absolute atomic E-state index is 11.6. The molecule has 0 saturated carbocycles. The molecule has 2 heterocycles. The van der Waals surface area contributed by atoms with Crippen LogP contribution in [0.2, 0.25) is 0 Å². The molecule has 3 rings (SSSR count). The molecule has 90 valence electrons. The average molecular weight is 240 g/mol. The highest BCUT2D eigenvalue weighted by Crippen LogP contribution is 2.26. The molecule has 18 heavy (non-hydrogen) atoms. The second-order valence-corrected chi connectivity index (χ2v) is 4.15. The summed E-state index contributed by atoms with van der Waals surface area (Å²) in [6.07, 6.45) is 4.07. The van der Waals surface area contributed by atoms with E-state index in [9.17, 15) is 4.79 Å². The maximum Gasteiger partial charge on any atom is 0.204 e. The molecule has 1 aliphatic heterocycles. The van der Waals surface area contributed by atoms with Crippen molar-refractivity contribution in [2.45, 2.75) is 6.42 Å². The number of hydrogen-bond donors (Lipinski definition) is 2. The van der Waals surface area contributed by atoms with Crippen LogP contribution in [0.15, 0.2) is 47.4 Å². The third-order valence-electron chi connectivity index (χ3n) is 2.92. The number of pyridine rings is 1. The molecule has 3 N–H and O–H groups in total. The highest BCUT2D eigenvalue weighted by Gasteiger charge is 2.16. The smallest absolute Gasteiger partial charge is 0.204 e. The summed E-state index contributed by atoms with van der Waals surface area (Å²) in [6.45, 7) is 0. The van der Waals surface area contributed by atoms with Crippen LogP contribution in [0.4, 0.5) is 5.69 Å². The quantitative estimate of drug-likeness (QED) is 0.748. The van der Waals surface area contributed by atoms with E-state index in [-0.39, 0.29) is 5.43 Å². The average Bonchev–Trinajstić information content (AvgIpc) is 2.39. The molecule has 0 atom stereocenters. The number of ether oxygens (including phenoxy) is 1. The SMILES string of the molecule is Nc1ccc(C2=CCc3c([nH]ccc3=O)O2)cc1. The van der Waals surface area contributed by atoms with Crippen molar-refractivity contribution in [2.24, 2.45) is 0 Å². The molecule has 0 radical (unpaired) electrons. The third kappa shape index (κ3) is 1.78. The molecule has 0 fully saturated rings. The zero-order chi connectivity index (χ0) is 12.5. The summed E-state index contributed by atoms with van der Waals surface area (Å²) in [7, 11) is 0. The van der Waals surface area contributed by atoms with Crippen molar-refractivity contribution in [2.75, 3.05) is 5.73 Å². The van der Waals surface area contributed by atoms with Gasteiger partial charge >= 0.3 is 0 Å². The first-order valence-corrected chi connectivity index (χ1v) is 5.68. The molecule has 0 aliphatic carbocycles. The molecule has 1 aliphatic rings. The van der Waals surface area contributed by atoms with E-state index in [1.807, 2.05) is 30.3 Å². The Hall–Kier alpha value is -2.49. The summed E-state index contributed by atoms with van der Waals surface area (Å²) in [6, 6.07) is 8.94. The van der Waals surface area contributed by atoms with Crippen LogP contribution in [-0.4, -0.2) is 4.98 Å². The van der Waals surface area contributed by atoms with Crippen molar-refractivity contribution < 1.29 is 4.74 Å². The fourth-order valence-corrected chi connectivity index (χ4v) is 1.95. The topological polar surface area (TPSA) is 68.1 Å². The zero-order valence-electron chi connectivity index (χ0n) is 9.64. The summed E-state index contributed by atoms with van der Waals surface area (Å²) in [5, 5.41) is 0. The lowest BCUT2D eigenvalue weighted by Gasteiger charge is -2.17. The Balaban J connectivity index is 1.97. The Morgan fingerprint density at radius 2 is 1.94 bits per heavy atom. The number of hydrogen-bond acceptors (Lipinski definition) is 3. The minimum absolute atomic E-state index is 0.00337. The number of fused-ring (bicyclic) bond motifs is 1. The molecule has 1 aromatic carbocycles. The molecule has 4 nitrogen and oxygen atoms in total. The van der Waals surface area contributed by atoms with Gasteiger partial charge in [0.15, 0.2) is 5.43 Å². The second-order valence-electron chi connectivity index (χ2n) is 4.15. The number of allylic oxidation sites excluding steroid dienone is 1. The van der Waals surface area contributed by atoms with E-state index in [1.165, 1.54) is 6.07 Å². The number of nitrogen functional groups attached to an aromatic ring is 1. The van der Waals surface area contributed by atoms with Crippen LogP contribution in [0.3, 0.4) is 0 Å². The van der Waals surface area contributed by atoms with E-state index < -0.39 is 0 Å². The first kappa shape index (κ1) is 10.7. The van der Waals surface area contributed by atoms with Crippen molar-refractivity contribution in [3.63, 3.8) is 0 Å². The Morgan fingerprint density at radius 1 is 1.17 bits per heavy atom. The highest BCUT2D eigenvalue weighted by atomic mass is 16.5. The summed E-state index contributed by atoms with van der Waals surface area (Å²) < 4.78 is 5.70. The van der Waals surface area contributed by atoms with Gasteiger partial charge in [-0.05, 0) is 30.3 Å². The highest BCUT2D eigenvalue weighted by molar-refractivity contribution is 5.65. The van der Waals surface area contributed by atoms with E-state index in [2.05, 4.69) is 4.98 Å². The molecular weight excluding hydrogens is 228 g/mol. The standard InChI is InChI=1S/C14H12N2O2/c15-10-3-1-9(2-4-10)13-6-5-11-12(17)7-8-16-14(11)18-13/h1-4,6-8H,5,15H2,(H,16,17). The van der Waals surface area contributed by atoms with E-state index in [0.717, 1.165) is 11.3 Å². The summed E-state index contributed by atoms with van der Waals surface area (Å²) in [5.41, 5.74) is 7.96.